The van der Waals surface area contributed by atoms with Gasteiger partial charge in [-0.3, -0.25) is 9.48 Å². The van der Waals surface area contributed by atoms with Gasteiger partial charge in [0.15, 0.2) is 0 Å². The summed E-state index contributed by atoms with van der Waals surface area (Å²) in [4.78, 5) is 15.6. The van der Waals surface area contributed by atoms with Crippen molar-refractivity contribution in [2.24, 2.45) is 18.7 Å². The second kappa shape index (κ2) is 6.52. The number of anilines is 1. The normalized spacial score (nSPS) is 11.6. The van der Waals surface area contributed by atoms with Gasteiger partial charge in [0.1, 0.15) is 11.9 Å². The molecule has 2 aromatic heterocycles. The fraction of sp³-hybridized carbons (Fsp3) is 0.286. The fourth-order valence-electron chi connectivity index (χ4n) is 1.93. The van der Waals surface area contributed by atoms with E-state index in [0.717, 1.165) is 5.56 Å². The molecule has 7 heteroatoms. The monoisotopic (exact) mass is 284 g/mol. The number of primary amides is 1. The van der Waals surface area contributed by atoms with Crippen LogP contribution in [0.15, 0.2) is 30.7 Å². The molecule has 0 aliphatic rings. The average Bonchev–Trinajstić information content (AvgIpc) is 2.89. The van der Waals surface area contributed by atoms with Gasteiger partial charge in [-0.1, -0.05) is 0 Å². The van der Waals surface area contributed by atoms with Gasteiger partial charge in [0, 0.05) is 26.0 Å². The molecule has 0 aliphatic heterocycles. The van der Waals surface area contributed by atoms with Gasteiger partial charge in [-0.15, -0.1) is 0 Å². The van der Waals surface area contributed by atoms with E-state index in [2.05, 4.69) is 15.4 Å². The molecule has 0 saturated heterocycles. The Kier molecular flexibility index (Phi) is 4.51. The fourth-order valence-corrected chi connectivity index (χ4v) is 1.93. The van der Waals surface area contributed by atoms with E-state index in [4.69, 9.17) is 11.0 Å². The lowest BCUT2D eigenvalue weighted by atomic mass is 10.0. The van der Waals surface area contributed by atoms with Crippen molar-refractivity contribution in [1.29, 1.82) is 5.26 Å². The van der Waals surface area contributed by atoms with E-state index in [9.17, 15) is 4.79 Å². The lowest BCUT2D eigenvalue weighted by Gasteiger charge is -2.13. The number of nitriles is 1. The molecule has 3 N–H and O–H groups in total. The first-order valence-electron chi connectivity index (χ1n) is 6.45. The Bertz CT molecular complexity index is 655. The number of pyridine rings is 1. The number of amides is 1. The van der Waals surface area contributed by atoms with Gasteiger partial charge in [0.25, 0.3) is 0 Å². The molecule has 0 radical (unpaired) electrons. The highest BCUT2D eigenvalue weighted by Gasteiger charge is 2.17. The maximum atomic E-state index is 11.5. The molecule has 0 aromatic carbocycles. The zero-order valence-electron chi connectivity index (χ0n) is 11.7. The molecule has 108 valence electrons. The zero-order chi connectivity index (χ0) is 15.2. The molecule has 0 fully saturated rings. The Balaban J connectivity index is 1.96. The lowest BCUT2D eigenvalue weighted by Crippen LogP contribution is -2.31. The third-order valence-corrected chi connectivity index (χ3v) is 3.06. The minimum atomic E-state index is -0.375. The Morgan fingerprint density at radius 1 is 1.52 bits per heavy atom. The van der Waals surface area contributed by atoms with Crippen molar-refractivity contribution in [1.82, 2.24) is 14.8 Å². The van der Waals surface area contributed by atoms with E-state index in [-0.39, 0.29) is 11.8 Å². The van der Waals surface area contributed by atoms with Crippen LogP contribution < -0.4 is 11.1 Å². The van der Waals surface area contributed by atoms with E-state index in [1.54, 1.807) is 23.0 Å². The van der Waals surface area contributed by atoms with E-state index in [1.807, 2.05) is 19.3 Å². The van der Waals surface area contributed by atoms with Gasteiger partial charge in [-0.25, -0.2) is 4.98 Å². The summed E-state index contributed by atoms with van der Waals surface area (Å²) in [6, 6.07) is 5.36. The number of hydrogen-bond donors (Lipinski definition) is 2. The Hall–Kier alpha value is -2.88. The number of hydrogen-bond acceptors (Lipinski definition) is 5. The van der Waals surface area contributed by atoms with Crippen molar-refractivity contribution >= 4 is 11.7 Å². The largest absolute Gasteiger partial charge is 0.369 e. The number of carbonyl (C=O) groups is 1. The van der Waals surface area contributed by atoms with Crippen LogP contribution in [0.5, 0.6) is 0 Å². The SMILES string of the molecule is Cn1cc(CC(CNc2ccc(C#N)cn2)C(N)=O)cn1. The predicted molar refractivity (Wildman–Crippen MR) is 77.0 cm³/mol. The van der Waals surface area contributed by atoms with Crippen molar-refractivity contribution in [3.05, 3.63) is 41.9 Å². The van der Waals surface area contributed by atoms with Gasteiger partial charge < -0.3 is 11.1 Å². The second-order valence-electron chi connectivity index (χ2n) is 4.75. The smallest absolute Gasteiger partial charge is 0.222 e. The highest BCUT2D eigenvalue weighted by molar-refractivity contribution is 5.77. The van der Waals surface area contributed by atoms with Crippen molar-refractivity contribution in [3.8, 4) is 6.07 Å². The van der Waals surface area contributed by atoms with E-state index >= 15 is 0 Å². The number of rotatable bonds is 6. The Morgan fingerprint density at radius 2 is 2.33 bits per heavy atom. The zero-order valence-corrected chi connectivity index (χ0v) is 11.7. The first-order valence-corrected chi connectivity index (χ1v) is 6.45. The van der Waals surface area contributed by atoms with Crippen LogP contribution in [-0.4, -0.2) is 27.2 Å². The molecule has 2 aromatic rings. The summed E-state index contributed by atoms with van der Waals surface area (Å²) >= 11 is 0. The quantitative estimate of drug-likeness (QED) is 0.800. The molecule has 21 heavy (non-hydrogen) atoms. The van der Waals surface area contributed by atoms with Crippen molar-refractivity contribution in [2.45, 2.75) is 6.42 Å². The van der Waals surface area contributed by atoms with Gasteiger partial charge >= 0.3 is 0 Å². The van der Waals surface area contributed by atoms with Crippen LogP contribution in [0.1, 0.15) is 11.1 Å². The third kappa shape index (κ3) is 4.04. The number of carbonyl (C=O) groups excluding carboxylic acids is 1. The van der Waals surface area contributed by atoms with Gasteiger partial charge in [-0.2, -0.15) is 10.4 Å². The molecule has 7 nitrogen and oxygen atoms in total. The first-order chi connectivity index (χ1) is 10.1. The van der Waals surface area contributed by atoms with Crippen LogP contribution in [0.2, 0.25) is 0 Å². The van der Waals surface area contributed by atoms with Crippen LogP contribution in [0, 0.1) is 17.2 Å². The van der Waals surface area contributed by atoms with Crippen molar-refractivity contribution < 1.29 is 4.79 Å². The van der Waals surface area contributed by atoms with E-state index in [0.29, 0.717) is 24.3 Å². The maximum absolute atomic E-state index is 11.5. The summed E-state index contributed by atoms with van der Waals surface area (Å²) in [5.41, 5.74) is 6.87. The van der Waals surface area contributed by atoms with Crippen molar-refractivity contribution in [3.63, 3.8) is 0 Å². The summed E-state index contributed by atoms with van der Waals surface area (Å²) in [6.07, 6.45) is 5.57. The molecule has 0 aliphatic carbocycles. The molecular weight excluding hydrogens is 268 g/mol. The molecule has 1 unspecified atom stereocenters. The van der Waals surface area contributed by atoms with Gasteiger partial charge in [0.05, 0.1) is 17.7 Å². The minimum Gasteiger partial charge on any atom is -0.369 e. The van der Waals surface area contributed by atoms with Crippen LogP contribution in [0.3, 0.4) is 0 Å². The predicted octanol–water partition coefficient (Wildman–Crippen LogP) is 0.443. The molecule has 2 heterocycles. The number of nitrogens with zero attached hydrogens (tertiary/aromatic N) is 4. The van der Waals surface area contributed by atoms with E-state index < -0.39 is 0 Å². The summed E-state index contributed by atoms with van der Waals surface area (Å²) in [7, 11) is 1.82. The Morgan fingerprint density at radius 3 is 2.86 bits per heavy atom. The van der Waals surface area contributed by atoms with Gasteiger partial charge in [0.2, 0.25) is 5.91 Å². The van der Waals surface area contributed by atoms with Gasteiger partial charge in [-0.05, 0) is 24.1 Å². The molecule has 0 spiro atoms. The molecule has 1 atom stereocenters. The highest BCUT2D eigenvalue weighted by atomic mass is 16.1. The van der Waals surface area contributed by atoms with Crippen molar-refractivity contribution in [2.75, 3.05) is 11.9 Å². The number of nitrogens with one attached hydrogen (secondary N) is 1. The first kappa shape index (κ1) is 14.5. The topological polar surface area (TPSA) is 110 Å². The second-order valence-corrected chi connectivity index (χ2v) is 4.75. The molecule has 0 saturated carbocycles. The lowest BCUT2D eigenvalue weighted by molar-refractivity contribution is -0.121. The molecule has 0 bridgehead atoms. The maximum Gasteiger partial charge on any atom is 0.222 e. The molecule has 2 rings (SSSR count). The summed E-state index contributed by atoms with van der Waals surface area (Å²) in [5.74, 6) is -0.127. The highest BCUT2D eigenvalue weighted by Crippen LogP contribution is 2.10. The third-order valence-electron chi connectivity index (χ3n) is 3.06. The van der Waals surface area contributed by atoms with Crippen LogP contribution in [-0.2, 0) is 18.3 Å². The average molecular weight is 284 g/mol. The van der Waals surface area contributed by atoms with Crippen LogP contribution in [0.25, 0.3) is 0 Å². The summed E-state index contributed by atoms with van der Waals surface area (Å²) < 4.78 is 1.68. The van der Waals surface area contributed by atoms with E-state index in [1.165, 1.54) is 6.20 Å². The molecule has 1 amide bonds. The minimum absolute atomic E-state index is 0.355. The molecular formula is C14H16N6O. The number of aromatic nitrogens is 3. The van der Waals surface area contributed by atoms with Crippen LogP contribution in [0.4, 0.5) is 5.82 Å². The summed E-state index contributed by atoms with van der Waals surface area (Å²) in [5, 5.41) is 15.8. The number of nitrogens with two attached hydrogens (primary N) is 1. The number of aryl methyl sites for hydroxylation is 1. The standard InChI is InChI=1S/C14H16N6O/c1-20-9-11(7-19-20)4-12(14(16)21)8-18-13-3-2-10(5-15)6-17-13/h2-3,6-7,9,12H,4,8H2,1H3,(H2,16,21)(H,17,18). The summed E-state index contributed by atoms with van der Waals surface area (Å²) in [6.45, 7) is 0.378. The Labute approximate surface area is 122 Å². The van der Waals surface area contributed by atoms with Crippen LogP contribution >= 0.6 is 0 Å².